The molecule has 0 bridgehead atoms. The molecule has 0 amide bonds. The molecule has 78 valence electrons. The van der Waals surface area contributed by atoms with Gasteiger partial charge in [0, 0.05) is 6.61 Å². The average molecular weight is 193 g/mol. The highest BCUT2D eigenvalue weighted by atomic mass is 19.3. The summed E-state index contributed by atoms with van der Waals surface area (Å²) in [6.45, 7) is 1.30. The van der Waals surface area contributed by atoms with Crippen LogP contribution in [0.25, 0.3) is 0 Å². The van der Waals surface area contributed by atoms with Crippen molar-refractivity contribution in [3.8, 4) is 0 Å². The summed E-state index contributed by atoms with van der Waals surface area (Å²) in [5.74, 6) is -1.75. The second kappa shape index (κ2) is 4.33. The fourth-order valence-electron chi connectivity index (χ4n) is 1.25. The molecule has 1 atom stereocenters. The van der Waals surface area contributed by atoms with E-state index in [0.717, 1.165) is 0 Å². The van der Waals surface area contributed by atoms with Crippen LogP contribution in [0.4, 0.5) is 8.78 Å². The third-order valence-corrected chi connectivity index (χ3v) is 2.42. The van der Waals surface area contributed by atoms with Gasteiger partial charge in [0.1, 0.15) is 6.61 Å². The molecule has 0 aromatic heterocycles. The smallest absolute Gasteiger partial charge is 0.282 e. The minimum Gasteiger partial charge on any atom is -0.375 e. The van der Waals surface area contributed by atoms with E-state index >= 15 is 0 Å². The van der Waals surface area contributed by atoms with E-state index in [-0.39, 0.29) is 0 Å². The van der Waals surface area contributed by atoms with Gasteiger partial charge < -0.3 is 10.5 Å². The molecule has 1 aliphatic rings. The van der Waals surface area contributed by atoms with Crippen LogP contribution in [0.15, 0.2) is 0 Å². The third-order valence-electron chi connectivity index (χ3n) is 2.42. The number of nitrogens with two attached hydrogens (primary N) is 1. The lowest BCUT2D eigenvalue weighted by Crippen LogP contribution is -2.33. The summed E-state index contributed by atoms with van der Waals surface area (Å²) in [6.07, 6.45) is 2.44. The SMILES string of the molecule is CC(COCC(F)(F)CN)C1CC1. The van der Waals surface area contributed by atoms with Gasteiger partial charge in [-0.15, -0.1) is 0 Å². The van der Waals surface area contributed by atoms with Crippen LogP contribution >= 0.6 is 0 Å². The minimum absolute atomic E-state index is 0.411. The van der Waals surface area contributed by atoms with Gasteiger partial charge in [0.2, 0.25) is 0 Å². The Morgan fingerprint density at radius 2 is 2.15 bits per heavy atom. The first-order chi connectivity index (χ1) is 6.05. The Labute approximate surface area is 77.4 Å². The first-order valence-electron chi connectivity index (χ1n) is 4.71. The lowest BCUT2D eigenvalue weighted by atomic mass is 10.1. The largest absolute Gasteiger partial charge is 0.375 e. The Morgan fingerprint density at radius 1 is 1.54 bits per heavy atom. The van der Waals surface area contributed by atoms with E-state index in [1.807, 2.05) is 6.92 Å². The van der Waals surface area contributed by atoms with Crippen molar-refractivity contribution in [2.45, 2.75) is 25.7 Å². The van der Waals surface area contributed by atoms with Gasteiger partial charge in [-0.2, -0.15) is 0 Å². The molecule has 13 heavy (non-hydrogen) atoms. The maximum Gasteiger partial charge on any atom is 0.282 e. The molecule has 1 rings (SSSR count). The molecule has 0 aliphatic heterocycles. The molecular weight excluding hydrogens is 176 g/mol. The van der Waals surface area contributed by atoms with Crippen molar-refractivity contribution < 1.29 is 13.5 Å². The molecule has 1 saturated carbocycles. The summed E-state index contributed by atoms with van der Waals surface area (Å²) in [5.41, 5.74) is 4.87. The average Bonchev–Trinajstić information content (AvgIpc) is 2.86. The Kier molecular flexibility index (Phi) is 3.62. The maximum absolute atomic E-state index is 12.6. The van der Waals surface area contributed by atoms with Crippen molar-refractivity contribution >= 4 is 0 Å². The van der Waals surface area contributed by atoms with Gasteiger partial charge in [-0.25, -0.2) is 8.78 Å². The van der Waals surface area contributed by atoms with Gasteiger partial charge in [0.15, 0.2) is 0 Å². The number of ether oxygens (including phenoxy) is 1. The predicted octanol–water partition coefficient (Wildman–Crippen LogP) is 1.64. The monoisotopic (exact) mass is 193 g/mol. The highest BCUT2D eigenvalue weighted by Crippen LogP contribution is 2.36. The quantitative estimate of drug-likeness (QED) is 0.696. The van der Waals surface area contributed by atoms with E-state index in [4.69, 9.17) is 10.5 Å². The van der Waals surface area contributed by atoms with E-state index in [1.165, 1.54) is 12.8 Å². The van der Waals surface area contributed by atoms with Crippen LogP contribution in [0.1, 0.15) is 19.8 Å². The predicted molar refractivity (Wildman–Crippen MR) is 46.7 cm³/mol. The standard InChI is InChI=1S/C9H17F2NO/c1-7(8-2-3-8)4-13-6-9(10,11)5-12/h7-8H,2-6,12H2,1H3. The molecule has 0 heterocycles. The van der Waals surface area contributed by atoms with Gasteiger partial charge in [0.05, 0.1) is 6.54 Å². The zero-order valence-electron chi connectivity index (χ0n) is 7.93. The van der Waals surface area contributed by atoms with Gasteiger partial charge in [-0.05, 0) is 24.7 Å². The number of hydrogen-bond donors (Lipinski definition) is 1. The zero-order valence-corrected chi connectivity index (χ0v) is 7.93. The molecule has 0 saturated heterocycles. The molecule has 1 aliphatic carbocycles. The minimum atomic E-state index is -2.86. The molecule has 0 aromatic carbocycles. The Hall–Kier alpha value is -0.220. The molecule has 1 unspecified atom stereocenters. The van der Waals surface area contributed by atoms with Crippen molar-refractivity contribution in [2.24, 2.45) is 17.6 Å². The van der Waals surface area contributed by atoms with Crippen molar-refractivity contribution in [2.75, 3.05) is 19.8 Å². The van der Waals surface area contributed by atoms with E-state index in [2.05, 4.69) is 0 Å². The van der Waals surface area contributed by atoms with Crippen LogP contribution in [0.2, 0.25) is 0 Å². The number of halogens is 2. The number of rotatable bonds is 6. The summed E-state index contributed by atoms with van der Waals surface area (Å²) in [6, 6.07) is 0. The summed E-state index contributed by atoms with van der Waals surface area (Å²) in [4.78, 5) is 0. The zero-order chi connectivity index (χ0) is 9.90. The van der Waals surface area contributed by atoms with Crippen LogP contribution in [-0.2, 0) is 4.74 Å². The van der Waals surface area contributed by atoms with Gasteiger partial charge in [-0.3, -0.25) is 0 Å². The molecule has 0 aromatic rings. The molecule has 0 spiro atoms. The molecule has 4 heteroatoms. The summed E-state index contributed by atoms with van der Waals surface area (Å²) >= 11 is 0. The lowest BCUT2D eigenvalue weighted by Gasteiger charge is -2.16. The van der Waals surface area contributed by atoms with Crippen LogP contribution in [0.5, 0.6) is 0 Å². The molecule has 2 N–H and O–H groups in total. The van der Waals surface area contributed by atoms with E-state index < -0.39 is 19.1 Å². The Morgan fingerprint density at radius 3 is 2.62 bits per heavy atom. The van der Waals surface area contributed by atoms with E-state index in [0.29, 0.717) is 18.4 Å². The van der Waals surface area contributed by atoms with Crippen LogP contribution in [0, 0.1) is 11.8 Å². The fraction of sp³-hybridized carbons (Fsp3) is 1.00. The van der Waals surface area contributed by atoms with Crippen molar-refractivity contribution in [3.63, 3.8) is 0 Å². The molecule has 0 radical (unpaired) electrons. The van der Waals surface area contributed by atoms with E-state index in [1.54, 1.807) is 0 Å². The molecule has 1 fully saturated rings. The van der Waals surface area contributed by atoms with Gasteiger partial charge in [0.25, 0.3) is 5.92 Å². The van der Waals surface area contributed by atoms with Crippen LogP contribution in [0.3, 0.4) is 0 Å². The number of hydrogen-bond acceptors (Lipinski definition) is 2. The highest BCUT2D eigenvalue weighted by Gasteiger charge is 2.30. The summed E-state index contributed by atoms with van der Waals surface area (Å²) in [5, 5.41) is 0. The second-order valence-electron chi connectivity index (χ2n) is 3.89. The lowest BCUT2D eigenvalue weighted by molar-refractivity contribution is -0.0759. The topological polar surface area (TPSA) is 35.2 Å². The Balaban J connectivity index is 2.05. The van der Waals surface area contributed by atoms with Gasteiger partial charge >= 0.3 is 0 Å². The summed E-state index contributed by atoms with van der Waals surface area (Å²) in [7, 11) is 0. The fourth-order valence-corrected chi connectivity index (χ4v) is 1.25. The van der Waals surface area contributed by atoms with Crippen molar-refractivity contribution in [1.82, 2.24) is 0 Å². The highest BCUT2D eigenvalue weighted by molar-refractivity contribution is 4.78. The second-order valence-corrected chi connectivity index (χ2v) is 3.89. The third kappa shape index (κ3) is 4.00. The van der Waals surface area contributed by atoms with Crippen molar-refractivity contribution in [3.05, 3.63) is 0 Å². The van der Waals surface area contributed by atoms with Gasteiger partial charge in [-0.1, -0.05) is 6.92 Å². The maximum atomic E-state index is 12.6. The van der Waals surface area contributed by atoms with Crippen molar-refractivity contribution in [1.29, 1.82) is 0 Å². The first-order valence-corrected chi connectivity index (χ1v) is 4.71. The number of alkyl halides is 2. The van der Waals surface area contributed by atoms with E-state index in [9.17, 15) is 8.78 Å². The van der Waals surface area contributed by atoms with Crippen LogP contribution < -0.4 is 5.73 Å². The first kappa shape index (κ1) is 10.9. The normalized spacial score (nSPS) is 20.3. The van der Waals surface area contributed by atoms with Crippen LogP contribution in [-0.4, -0.2) is 25.7 Å². The molecule has 2 nitrogen and oxygen atoms in total. The Bertz CT molecular complexity index is 160. The molecular formula is C9H17F2NO. The summed E-state index contributed by atoms with van der Waals surface area (Å²) < 4.78 is 30.1.